The summed E-state index contributed by atoms with van der Waals surface area (Å²) in [4.78, 5) is 12.9. The number of sulfone groups is 1. The van der Waals surface area contributed by atoms with E-state index < -0.39 is 15.8 Å². The first-order valence-electron chi connectivity index (χ1n) is 6.66. The van der Waals surface area contributed by atoms with E-state index in [1.807, 2.05) is 11.4 Å². The number of thiophene rings is 1. The zero-order valence-electron chi connectivity index (χ0n) is 11.5. The lowest BCUT2D eigenvalue weighted by molar-refractivity contribution is -0.124. The number of nitrogens with one attached hydrogen (secondary N) is 1. The van der Waals surface area contributed by atoms with E-state index in [9.17, 15) is 13.2 Å². The molecule has 2 N–H and O–H groups in total. The van der Waals surface area contributed by atoms with Crippen LogP contribution in [0.5, 0.6) is 0 Å². The zero-order valence-corrected chi connectivity index (χ0v) is 13.1. The van der Waals surface area contributed by atoms with Crippen LogP contribution in [0.1, 0.15) is 23.3 Å². The maximum Gasteiger partial charge on any atom is 0.224 e. The van der Waals surface area contributed by atoms with Gasteiger partial charge in [-0.2, -0.15) is 0 Å². The molecular weight excluding hydrogens is 310 g/mol. The minimum Gasteiger partial charge on any atom is -0.395 e. The molecule has 2 heterocycles. The van der Waals surface area contributed by atoms with Gasteiger partial charge in [0.05, 0.1) is 30.6 Å². The number of aliphatic hydroxyl groups excluding tert-OH is 1. The number of hydrogen-bond donors (Lipinski definition) is 2. The molecule has 1 saturated heterocycles. The second-order valence-electron chi connectivity index (χ2n) is 4.85. The third-order valence-electron chi connectivity index (χ3n) is 3.23. The van der Waals surface area contributed by atoms with Gasteiger partial charge in [0.15, 0.2) is 9.84 Å². The number of amides is 1. The molecule has 1 atom stereocenters. The topological polar surface area (TPSA) is 83.5 Å². The Labute approximate surface area is 128 Å². The molecule has 1 amide bonds. The van der Waals surface area contributed by atoms with E-state index in [2.05, 4.69) is 17.2 Å². The average Bonchev–Trinajstić information content (AvgIpc) is 3.03. The van der Waals surface area contributed by atoms with Crippen molar-refractivity contribution in [3.63, 3.8) is 0 Å². The lowest BCUT2D eigenvalue weighted by Crippen LogP contribution is -2.30. The maximum atomic E-state index is 12.0. The monoisotopic (exact) mass is 327 g/mol. The Bertz CT molecular complexity index is 667. The van der Waals surface area contributed by atoms with Crippen molar-refractivity contribution in [3.8, 4) is 11.8 Å². The van der Waals surface area contributed by atoms with E-state index in [-0.39, 0.29) is 24.0 Å². The molecule has 1 aromatic rings. The lowest BCUT2D eigenvalue weighted by Gasteiger charge is -2.08. The van der Waals surface area contributed by atoms with Crippen LogP contribution in [-0.2, 0) is 21.2 Å². The molecular formula is C14H17NO4S2. The highest BCUT2D eigenvalue weighted by molar-refractivity contribution is 7.91. The van der Waals surface area contributed by atoms with E-state index in [4.69, 9.17) is 5.11 Å². The second kappa shape index (κ2) is 7.07. The van der Waals surface area contributed by atoms with Crippen molar-refractivity contribution in [3.05, 3.63) is 21.9 Å². The summed E-state index contributed by atoms with van der Waals surface area (Å²) in [5, 5.41) is 13.4. The normalized spacial score (nSPS) is 19.8. The van der Waals surface area contributed by atoms with Gasteiger partial charge in [0, 0.05) is 16.9 Å². The number of rotatable bonds is 4. The van der Waals surface area contributed by atoms with Gasteiger partial charge in [0.25, 0.3) is 0 Å². The Morgan fingerprint density at radius 2 is 2.33 bits per heavy atom. The zero-order chi connectivity index (χ0) is 15.3. The molecule has 0 saturated carbocycles. The van der Waals surface area contributed by atoms with E-state index >= 15 is 0 Å². The quantitative estimate of drug-likeness (QED) is 0.791. The first kappa shape index (κ1) is 16.0. The highest BCUT2D eigenvalue weighted by atomic mass is 32.2. The van der Waals surface area contributed by atoms with Crippen LogP contribution in [0.4, 0.5) is 0 Å². The maximum absolute atomic E-state index is 12.0. The van der Waals surface area contributed by atoms with Gasteiger partial charge < -0.3 is 10.4 Å². The molecule has 1 unspecified atom stereocenters. The molecule has 0 bridgehead atoms. The number of hydrogen-bond acceptors (Lipinski definition) is 5. The summed E-state index contributed by atoms with van der Waals surface area (Å²) >= 11 is 1.49. The molecule has 1 aliphatic rings. The van der Waals surface area contributed by atoms with Crippen LogP contribution < -0.4 is 5.32 Å². The number of aliphatic hydroxyl groups is 1. The van der Waals surface area contributed by atoms with Crippen molar-refractivity contribution in [2.45, 2.75) is 19.4 Å². The van der Waals surface area contributed by atoms with E-state index in [1.165, 1.54) is 11.3 Å². The SMILES string of the molecule is O=C(NCc1sccc1C#CCCO)C1CCS(=O)(=O)C1. The van der Waals surface area contributed by atoms with Crippen LogP contribution >= 0.6 is 11.3 Å². The number of carbonyl (C=O) groups is 1. The summed E-state index contributed by atoms with van der Waals surface area (Å²) in [5.41, 5.74) is 0.841. The molecule has 0 aromatic carbocycles. The number of carbonyl (C=O) groups excluding carboxylic acids is 1. The molecule has 0 radical (unpaired) electrons. The summed E-state index contributed by atoms with van der Waals surface area (Å²) in [5.74, 6) is 5.21. The predicted octanol–water partition coefficient (Wildman–Crippen LogP) is 0.533. The Kier molecular flexibility index (Phi) is 5.39. The second-order valence-corrected chi connectivity index (χ2v) is 8.08. The lowest BCUT2D eigenvalue weighted by atomic mass is 10.1. The summed E-state index contributed by atoms with van der Waals surface area (Å²) in [6, 6.07) is 1.87. The minimum absolute atomic E-state index is 0.0271. The summed E-state index contributed by atoms with van der Waals surface area (Å²) in [6.45, 7) is 0.384. The first-order chi connectivity index (χ1) is 10.0. The Morgan fingerprint density at radius 1 is 1.52 bits per heavy atom. The third kappa shape index (κ3) is 4.56. The van der Waals surface area contributed by atoms with E-state index in [0.717, 1.165) is 10.4 Å². The molecule has 2 rings (SSSR count). The molecule has 1 aliphatic heterocycles. The molecule has 7 heteroatoms. The summed E-state index contributed by atoms with van der Waals surface area (Å²) < 4.78 is 22.7. The fourth-order valence-electron chi connectivity index (χ4n) is 2.12. The fraction of sp³-hybridized carbons (Fsp3) is 0.500. The Morgan fingerprint density at radius 3 is 3.00 bits per heavy atom. The first-order valence-corrected chi connectivity index (χ1v) is 9.36. The molecule has 114 valence electrons. The molecule has 1 aromatic heterocycles. The van der Waals surface area contributed by atoms with Crippen molar-refractivity contribution in [2.24, 2.45) is 5.92 Å². The smallest absolute Gasteiger partial charge is 0.224 e. The largest absolute Gasteiger partial charge is 0.395 e. The Hall–Kier alpha value is -1.36. The van der Waals surface area contributed by atoms with Crippen LogP contribution in [-0.4, -0.2) is 37.5 Å². The van der Waals surface area contributed by atoms with Gasteiger partial charge in [0.1, 0.15) is 0 Å². The fourth-order valence-corrected chi connectivity index (χ4v) is 4.63. The van der Waals surface area contributed by atoms with Gasteiger partial charge in [-0.25, -0.2) is 8.42 Å². The van der Waals surface area contributed by atoms with Crippen molar-refractivity contribution < 1.29 is 18.3 Å². The molecule has 21 heavy (non-hydrogen) atoms. The molecule has 1 fully saturated rings. The van der Waals surface area contributed by atoms with Gasteiger partial charge >= 0.3 is 0 Å². The van der Waals surface area contributed by atoms with Crippen molar-refractivity contribution in [2.75, 3.05) is 18.1 Å². The predicted molar refractivity (Wildman–Crippen MR) is 81.5 cm³/mol. The minimum atomic E-state index is -3.04. The molecule has 0 aliphatic carbocycles. The summed E-state index contributed by atoms with van der Waals surface area (Å²) in [7, 11) is -3.04. The van der Waals surface area contributed by atoms with Gasteiger partial charge in [-0.15, -0.1) is 11.3 Å². The van der Waals surface area contributed by atoms with E-state index in [1.54, 1.807) is 0 Å². The standard InChI is InChI=1S/C14H17NO4S2/c16-6-2-1-3-11-4-7-20-13(11)9-15-14(17)12-5-8-21(18,19)10-12/h4,7,12,16H,2,5-6,8-10H2,(H,15,17). The molecule has 0 spiro atoms. The third-order valence-corrected chi connectivity index (χ3v) is 5.92. The van der Waals surface area contributed by atoms with Crippen LogP contribution in [0, 0.1) is 17.8 Å². The molecule has 5 nitrogen and oxygen atoms in total. The van der Waals surface area contributed by atoms with Crippen LogP contribution in [0.2, 0.25) is 0 Å². The van der Waals surface area contributed by atoms with Crippen LogP contribution in [0.15, 0.2) is 11.4 Å². The van der Waals surface area contributed by atoms with Gasteiger partial charge in [-0.1, -0.05) is 11.8 Å². The van der Waals surface area contributed by atoms with Crippen molar-refractivity contribution in [1.82, 2.24) is 5.32 Å². The van der Waals surface area contributed by atoms with Crippen molar-refractivity contribution >= 4 is 27.1 Å². The van der Waals surface area contributed by atoms with Crippen LogP contribution in [0.3, 0.4) is 0 Å². The average molecular weight is 327 g/mol. The van der Waals surface area contributed by atoms with Crippen molar-refractivity contribution in [1.29, 1.82) is 0 Å². The van der Waals surface area contributed by atoms with Gasteiger partial charge in [-0.05, 0) is 17.9 Å². The van der Waals surface area contributed by atoms with Crippen LogP contribution in [0.25, 0.3) is 0 Å². The highest BCUT2D eigenvalue weighted by Crippen LogP contribution is 2.20. The highest BCUT2D eigenvalue weighted by Gasteiger charge is 2.32. The Balaban J connectivity index is 1.91. The van der Waals surface area contributed by atoms with E-state index in [0.29, 0.717) is 19.4 Å². The van der Waals surface area contributed by atoms with Gasteiger partial charge in [-0.3, -0.25) is 4.79 Å². The summed E-state index contributed by atoms with van der Waals surface area (Å²) in [6.07, 6.45) is 0.823. The van der Waals surface area contributed by atoms with Gasteiger partial charge in [0.2, 0.25) is 5.91 Å².